The van der Waals surface area contributed by atoms with Crippen LogP contribution in [0.15, 0.2) is 63.2 Å². The number of likely N-dealkylation sites (tertiary alicyclic amines) is 1. The number of hydrogen-bond acceptors (Lipinski definition) is 5. The lowest BCUT2D eigenvalue weighted by Crippen LogP contribution is -2.33. The maximum absolute atomic E-state index is 13.3. The second kappa shape index (κ2) is 9.68. The van der Waals surface area contributed by atoms with E-state index >= 15 is 0 Å². The molecule has 0 radical (unpaired) electrons. The molecule has 0 bridgehead atoms. The summed E-state index contributed by atoms with van der Waals surface area (Å²) in [7, 11) is 0. The molecule has 2 heterocycles. The first-order valence-electron chi connectivity index (χ1n) is 10.2. The first-order chi connectivity index (χ1) is 15.3. The highest BCUT2D eigenvalue weighted by Gasteiger charge is 2.40. The molecular formula is C23H22BrClN4O2S. The number of aliphatic imine (C=N–C) groups is 1. The van der Waals surface area contributed by atoms with Crippen molar-refractivity contribution >= 4 is 67.5 Å². The van der Waals surface area contributed by atoms with Crippen molar-refractivity contribution in [2.75, 3.05) is 18.4 Å². The minimum Gasteiger partial charge on any atom is -0.400 e. The molecule has 32 heavy (non-hydrogen) atoms. The lowest BCUT2D eigenvalue weighted by Gasteiger charge is -2.16. The number of rotatable bonds is 4. The number of carbonyl (C=O) groups excluding carboxylic acids is 2. The summed E-state index contributed by atoms with van der Waals surface area (Å²) in [4.78, 5) is 32.8. The van der Waals surface area contributed by atoms with E-state index in [1.807, 2.05) is 25.1 Å². The highest BCUT2D eigenvalue weighted by molar-refractivity contribution is 9.10. The van der Waals surface area contributed by atoms with E-state index in [9.17, 15) is 9.59 Å². The molecule has 0 aromatic heterocycles. The Bertz CT molecular complexity index is 1140. The Kier molecular flexibility index (Phi) is 6.93. The monoisotopic (exact) mass is 532 g/mol. The molecule has 166 valence electrons. The van der Waals surface area contributed by atoms with Gasteiger partial charge < -0.3 is 16.0 Å². The van der Waals surface area contributed by atoms with Gasteiger partial charge in [-0.05, 0) is 71.6 Å². The maximum Gasteiger partial charge on any atom is 0.258 e. The van der Waals surface area contributed by atoms with Gasteiger partial charge in [-0.1, -0.05) is 35.5 Å². The van der Waals surface area contributed by atoms with Crippen molar-refractivity contribution in [2.24, 2.45) is 10.7 Å². The third-order valence-electron chi connectivity index (χ3n) is 5.28. The van der Waals surface area contributed by atoms with Crippen molar-refractivity contribution in [3.63, 3.8) is 0 Å². The van der Waals surface area contributed by atoms with E-state index in [1.54, 1.807) is 29.2 Å². The van der Waals surface area contributed by atoms with Crippen LogP contribution in [0, 0.1) is 6.92 Å². The van der Waals surface area contributed by atoms with Gasteiger partial charge in [0.25, 0.3) is 5.91 Å². The fraction of sp³-hybridized carbons (Fsp3) is 0.261. The fourth-order valence-corrected chi connectivity index (χ4v) is 5.53. The fourth-order valence-electron chi connectivity index (χ4n) is 3.64. The number of hydrogen-bond donors (Lipinski definition) is 2. The number of benzene rings is 2. The van der Waals surface area contributed by atoms with Crippen LogP contribution in [0.5, 0.6) is 0 Å². The van der Waals surface area contributed by atoms with Crippen LogP contribution in [0.3, 0.4) is 0 Å². The highest BCUT2D eigenvalue weighted by Crippen LogP contribution is 2.37. The number of aryl methyl sites for hydroxylation is 1. The van der Waals surface area contributed by atoms with E-state index in [2.05, 4.69) is 26.2 Å². The van der Waals surface area contributed by atoms with Gasteiger partial charge in [0.2, 0.25) is 5.91 Å². The average molecular weight is 534 g/mol. The second-order valence-electron chi connectivity index (χ2n) is 7.70. The number of halogens is 2. The molecule has 1 saturated heterocycles. The molecule has 2 amide bonds. The molecule has 9 heteroatoms. The van der Waals surface area contributed by atoms with Crippen LogP contribution in [0.1, 0.15) is 18.4 Å². The molecule has 1 fully saturated rings. The minimum atomic E-state index is -0.761. The summed E-state index contributed by atoms with van der Waals surface area (Å²) in [6.07, 6.45) is 1.91. The van der Waals surface area contributed by atoms with Gasteiger partial charge in [0, 0.05) is 28.3 Å². The second-order valence-corrected chi connectivity index (χ2v) is 10.1. The molecule has 0 saturated carbocycles. The van der Waals surface area contributed by atoms with Crippen molar-refractivity contribution in [1.82, 2.24) is 4.90 Å². The Morgan fingerprint density at radius 3 is 2.66 bits per heavy atom. The smallest absolute Gasteiger partial charge is 0.258 e. The molecule has 2 aromatic carbocycles. The first kappa shape index (κ1) is 22.9. The van der Waals surface area contributed by atoms with Gasteiger partial charge in [0.05, 0.1) is 16.9 Å². The number of anilines is 1. The largest absolute Gasteiger partial charge is 0.400 e. The number of thioether (sulfide) groups is 1. The molecule has 1 atom stereocenters. The minimum absolute atomic E-state index is 0.180. The van der Waals surface area contributed by atoms with E-state index < -0.39 is 5.25 Å². The molecular weight excluding hydrogens is 512 g/mol. The summed E-state index contributed by atoms with van der Waals surface area (Å²) < 4.78 is 0.776. The molecule has 6 nitrogen and oxygen atoms in total. The standard InChI is InChI=1S/C23H22BrClN4O2S/c1-13-7-8-17(16(24)11-13)28-21(30)20-19(26)18(23(31)29-9-2-3-10-29)22(32-20)27-15-6-4-5-14(25)12-15/h4-8,11-12,20H,2-3,9-10,26H2,1H3,(H,28,30)/t20-/m0/s1. The van der Waals surface area contributed by atoms with Crippen molar-refractivity contribution in [1.29, 1.82) is 0 Å². The number of amides is 2. The molecule has 3 N–H and O–H groups in total. The van der Waals surface area contributed by atoms with Gasteiger partial charge in [-0.3, -0.25) is 9.59 Å². The van der Waals surface area contributed by atoms with Crippen LogP contribution >= 0.6 is 39.3 Å². The van der Waals surface area contributed by atoms with Crippen molar-refractivity contribution < 1.29 is 9.59 Å². The molecule has 0 aliphatic carbocycles. The molecule has 4 rings (SSSR count). The molecule has 2 aliphatic heterocycles. The first-order valence-corrected chi connectivity index (χ1v) is 12.3. The van der Waals surface area contributed by atoms with Crippen molar-refractivity contribution in [3.8, 4) is 0 Å². The summed E-state index contributed by atoms with van der Waals surface area (Å²) in [6.45, 7) is 3.33. The van der Waals surface area contributed by atoms with Gasteiger partial charge in [-0.15, -0.1) is 0 Å². The quantitative estimate of drug-likeness (QED) is 0.577. The summed E-state index contributed by atoms with van der Waals surface area (Å²) in [5.41, 5.74) is 9.26. The zero-order chi connectivity index (χ0) is 22.8. The summed E-state index contributed by atoms with van der Waals surface area (Å²) in [6, 6.07) is 12.7. The summed E-state index contributed by atoms with van der Waals surface area (Å²) in [5.74, 6) is -0.486. The van der Waals surface area contributed by atoms with E-state index in [-0.39, 0.29) is 17.5 Å². The molecule has 0 unspecified atom stereocenters. The van der Waals surface area contributed by atoms with Crippen molar-refractivity contribution in [2.45, 2.75) is 25.0 Å². The van der Waals surface area contributed by atoms with Crippen molar-refractivity contribution in [3.05, 3.63) is 68.8 Å². The van der Waals surface area contributed by atoms with Gasteiger partial charge in [-0.2, -0.15) is 0 Å². The number of carbonyl (C=O) groups is 2. The van der Waals surface area contributed by atoms with E-state index in [1.165, 1.54) is 11.8 Å². The molecule has 0 spiro atoms. The van der Waals surface area contributed by atoms with Crippen LogP contribution in [0.2, 0.25) is 5.02 Å². The van der Waals surface area contributed by atoms with Gasteiger partial charge in [0.15, 0.2) is 0 Å². The van der Waals surface area contributed by atoms with Crippen LogP contribution in [0.4, 0.5) is 11.4 Å². The molecule has 2 aliphatic rings. The van der Waals surface area contributed by atoms with Crippen LogP contribution in [-0.4, -0.2) is 40.1 Å². The van der Waals surface area contributed by atoms with E-state index in [0.29, 0.717) is 40.1 Å². The Morgan fingerprint density at radius 2 is 1.97 bits per heavy atom. The molecule has 2 aromatic rings. The zero-order valence-corrected chi connectivity index (χ0v) is 20.6. The Labute approximate surface area is 204 Å². The Morgan fingerprint density at radius 1 is 1.22 bits per heavy atom. The SMILES string of the molecule is Cc1ccc(NC(=O)[C@H]2SC(=Nc3cccc(Cl)c3)C(C(=O)N3CCCC3)=C2N)c(Br)c1. The van der Waals surface area contributed by atoms with Crippen LogP contribution in [0.25, 0.3) is 0 Å². The lowest BCUT2D eigenvalue weighted by atomic mass is 10.1. The lowest BCUT2D eigenvalue weighted by molar-refractivity contribution is -0.125. The van der Waals surface area contributed by atoms with Crippen LogP contribution < -0.4 is 11.1 Å². The zero-order valence-electron chi connectivity index (χ0n) is 17.4. The van der Waals surface area contributed by atoms with Crippen LogP contribution in [-0.2, 0) is 9.59 Å². The summed E-state index contributed by atoms with van der Waals surface area (Å²) in [5, 5.41) is 3.12. The highest BCUT2D eigenvalue weighted by atomic mass is 79.9. The Balaban J connectivity index is 1.67. The normalized spacial score (nSPS) is 19.7. The van der Waals surface area contributed by atoms with Gasteiger partial charge >= 0.3 is 0 Å². The number of nitrogens with zero attached hydrogens (tertiary/aromatic N) is 2. The van der Waals surface area contributed by atoms with Gasteiger partial charge in [0.1, 0.15) is 10.3 Å². The van der Waals surface area contributed by atoms with E-state index in [4.69, 9.17) is 17.3 Å². The number of nitrogens with one attached hydrogen (secondary N) is 1. The maximum atomic E-state index is 13.3. The third-order valence-corrected chi connectivity index (χ3v) is 7.39. The predicted molar refractivity (Wildman–Crippen MR) is 134 cm³/mol. The Hall–Kier alpha value is -2.29. The number of nitrogens with two attached hydrogens (primary N) is 1. The topological polar surface area (TPSA) is 87.8 Å². The van der Waals surface area contributed by atoms with E-state index in [0.717, 1.165) is 22.9 Å². The van der Waals surface area contributed by atoms with Gasteiger partial charge in [-0.25, -0.2) is 4.99 Å². The summed E-state index contributed by atoms with van der Waals surface area (Å²) >= 11 is 10.8. The average Bonchev–Trinajstić information content (AvgIpc) is 3.38. The predicted octanol–water partition coefficient (Wildman–Crippen LogP) is 5.03. The third kappa shape index (κ3) is 4.87.